The predicted octanol–water partition coefficient (Wildman–Crippen LogP) is 3.88. The largest absolute Gasteiger partial charge is 0.379 e. The summed E-state index contributed by atoms with van der Waals surface area (Å²) in [6.45, 7) is 4.74. The average molecular weight is 471 g/mol. The molecule has 0 spiro atoms. The minimum absolute atomic E-state index is 0.0945. The standard InChI is InChI=1S/C28H27FN4O2/c29-21-5-6-22-20(18-21)4-7-25-23(2-1-9-30-25)24(22)16-19-3-8-27-26(17-19)31-28(34)33(27)11-10-32-12-14-35-15-13-32/h1-3,5-6,8-9,16-18H,4,7,10-15H2,(H,31,34). The lowest BCUT2D eigenvalue weighted by Crippen LogP contribution is -2.39. The fourth-order valence-corrected chi connectivity index (χ4v) is 5.19. The van der Waals surface area contributed by atoms with E-state index in [9.17, 15) is 9.18 Å². The summed E-state index contributed by atoms with van der Waals surface area (Å²) in [7, 11) is 0. The Morgan fingerprint density at radius 2 is 1.91 bits per heavy atom. The zero-order chi connectivity index (χ0) is 23.8. The summed E-state index contributed by atoms with van der Waals surface area (Å²) in [5, 5.41) is 0. The van der Waals surface area contributed by atoms with Crippen LogP contribution in [0.25, 0.3) is 22.7 Å². The van der Waals surface area contributed by atoms with Crippen molar-refractivity contribution in [2.45, 2.75) is 19.4 Å². The maximum absolute atomic E-state index is 14.0. The van der Waals surface area contributed by atoms with Crippen molar-refractivity contribution >= 4 is 22.7 Å². The van der Waals surface area contributed by atoms with Gasteiger partial charge >= 0.3 is 5.69 Å². The summed E-state index contributed by atoms with van der Waals surface area (Å²) in [6.07, 6.45) is 5.43. The predicted molar refractivity (Wildman–Crippen MR) is 135 cm³/mol. The van der Waals surface area contributed by atoms with Gasteiger partial charge in [0, 0.05) is 43.6 Å². The Kier molecular flexibility index (Phi) is 5.80. The fraction of sp³-hybridized carbons (Fsp3) is 0.286. The summed E-state index contributed by atoms with van der Waals surface area (Å²) in [5.41, 5.74) is 7.70. The second-order valence-electron chi connectivity index (χ2n) is 9.17. The number of rotatable bonds is 4. The second kappa shape index (κ2) is 9.24. The first-order chi connectivity index (χ1) is 17.2. The van der Waals surface area contributed by atoms with Gasteiger partial charge in [0.25, 0.3) is 0 Å². The highest BCUT2D eigenvalue weighted by Gasteiger charge is 2.20. The summed E-state index contributed by atoms with van der Waals surface area (Å²) >= 11 is 0. The number of aromatic nitrogens is 3. The van der Waals surface area contributed by atoms with E-state index in [1.807, 2.05) is 41.1 Å². The lowest BCUT2D eigenvalue weighted by Gasteiger charge is -2.26. The number of nitrogens with zero attached hydrogens (tertiary/aromatic N) is 3. The van der Waals surface area contributed by atoms with E-state index in [0.29, 0.717) is 6.54 Å². The number of nitrogens with one attached hydrogen (secondary N) is 1. The first-order valence-corrected chi connectivity index (χ1v) is 12.1. The Morgan fingerprint density at radius 3 is 2.80 bits per heavy atom. The van der Waals surface area contributed by atoms with Gasteiger partial charge in [-0.05, 0) is 71.5 Å². The molecule has 0 amide bonds. The average Bonchev–Trinajstić information content (AvgIpc) is 3.11. The topological polar surface area (TPSA) is 63.2 Å². The molecule has 1 aliphatic heterocycles. The zero-order valence-electron chi connectivity index (χ0n) is 19.5. The van der Waals surface area contributed by atoms with Crippen LogP contribution < -0.4 is 5.69 Å². The number of benzene rings is 2. The number of aromatic amines is 1. The van der Waals surface area contributed by atoms with E-state index in [0.717, 1.165) is 90.2 Å². The van der Waals surface area contributed by atoms with Crippen LogP contribution in [0.1, 0.15) is 27.9 Å². The minimum atomic E-state index is -0.223. The monoisotopic (exact) mass is 470 g/mol. The summed E-state index contributed by atoms with van der Waals surface area (Å²) in [6, 6.07) is 15.1. The molecule has 2 aliphatic rings. The number of hydrogen-bond donors (Lipinski definition) is 1. The Labute approximate surface area is 202 Å². The molecule has 6 nitrogen and oxygen atoms in total. The highest BCUT2D eigenvalue weighted by molar-refractivity contribution is 5.94. The maximum atomic E-state index is 14.0. The van der Waals surface area contributed by atoms with Crippen LogP contribution in [0.15, 0.2) is 59.5 Å². The molecule has 35 heavy (non-hydrogen) atoms. The van der Waals surface area contributed by atoms with Crippen molar-refractivity contribution in [1.29, 1.82) is 0 Å². The van der Waals surface area contributed by atoms with Gasteiger partial charge in [0.15, 0.2) is 0 Å². The smallest absolute Gasteiger partial charge is 0.326 e. The summed E-state index contributed by atoms with van der Waals surface area (Å²) in [4.78, 5) is 22.7. The lowest BCUT2D eigenvalue weighted by molar-refractivity contribution is 0.0364. The Hall–Kier alpha value is -3.55. The van der Waals surface area contributed by atoms with E-state index >= 15 is 0 Å². The van der Waals surface area contributed by atoms with Crippen LogP contribution in [0.2, 0.25) is 0 Å². The van der Waals surface area contributed by atoms with E-state index in [1.54, 1.807) is 6.07 Å². The zero-order valence-corrected chi connectivity index (χ0v) is 19.5. The van der Waals surface area contributed by atoms with Crippen LogP contribution in [0.4, 0.5) is 4.39 Å². The molecule has 0 bridgehead atoms. The molecule has 1 aliphatic carbocycles. The molecule has 7 heteroatoms. The molecule has 2 aromatic carbocycles. The molecular formula is C28H27FN4O2. The number of halogens is 1. The van der Waals surface area contributed by atoms with Gasteiger partial charge in [-0.15, -0.1) is 0 Å². The molecule has 0 unspecified atom stereocenters. The molecule has 1 N–H and O–H groups in total. The third-order valence-corrected chi connectivity index (χ3v) is 7.02. The first kappa shape index (κ1) is 21.9. The number of hydrogen-bond acceptors (Lipinski definition) is 4. The molecular weight excluding hydrogens is 443 g/mol. The van der Waals surface area contributed by atoms with Gasteiger partial charge < -0.3 is 9.72 Å². The van der Waals surface area contributed by atoms with Gasteiger partial charge in [-0.2, -0.15) is 0 Å². The van der Waals surface area contributed by atoms with Gasteiger partial charge in [0.1, 0.15) is 5.82 Å². The fourth-order valence-electron chi connectivity index (χ4n) is 5.19. The van der Waals surface area contributed by atoms with Gasteiger partial charge in [-0.1, -0.05) is 18.2 Å². The number of pyridine rings is 1. The third kappa shape index (κ3) is 4.33. The molecule has 1 fully saturated rings. The van der Waals surface area contributed by atoms with Crippen LogP contribution >= 0.6 is 0 Å². The van der Waals surface area contributed by atoms with E-state index in [2.05, 4.69) is 27.0 Å². The highest BCUT2D eigenvalue weighted by Crippen LogP contribution is 2.34. The van der Waals surface area contributed by atoms with Crippen molar-refractivity contribution < 1.29 is 9.13 Å². The first-order valence-electron chi connectivity index (χ1n) is 12.1. The number of imidazole rings is 1. The Bertz CT molecular complexity index is 1480. The number of ether oxygens (including phenoxy) is 1. The van der Waals surface area contributed by atoms with Gasteiger partial charge in [0.05, 0.1) is 24.2 Å². The molecule has 178 valence electrons. The van der Waals surface area contributed by atoms with Crippen LogP contribution in [-0.4, -0.2) is 52.3 Å². The van der Waals surface area contributed by atoms with Crippen molar-refractivity contribution in [3.8, 4) is 0 Å². The van der Waals surface area contributed by atoms with Gasteiger partial charge in [0.2, 0.25) is 0 Å². The minimum Gasteiger partial charge on any atom is -0.379 e. The Balaban J connectivity index is 1.38. The van der Waals surface area contributed by atoms with Crippen LogP contribution in [-0.2, 0) is 24.1 Å². The van der Waals surface area contributed by atoms with Crippen LogP contribution in [0.3, 0.4) is 0 Å². The molecule has 1 saturated heterocycles. The van der Waals surface area contributed by atoms with Gasteiger partial charge in [-0.25, -0.2) is 9.18 Å². The van der Waals surface area contributed by atoms with Crippen LogP contribution in [0, 0.1) is 5.82 Å². The van der Waals surface area contributed by atoms with E-state index < -0.39 is 0 Å². The molecule has 6 rings (SSSR count). The van der Waals surface area contributed by atoms with E-state index in [4.69, 9.17) is 4.74 Å². The van der Waals surface area contributed by atoms with Crippen molar-refractivity contribution in [1.82, 2.24) is 19.4 Å². The highest BCUT2D eigenvalue weighted by atomic mass is 19.1. The quantitative estimate of drug-likeness (QED) is 0.492. The summed E-state index contributed by atoms with van der Waals surface area (Å²) in [5.74, 6) is -0.223. The Morgan fingerprint density at radius 1 is 1.03 bits per heavy atom. The second-order valence-corrected chi connectivity index (χ2v) is 9.17. The lowest BCUT2D eigenvalue weighted by atomic mass is 9.93. The number of fused-ring (bicyclic) bond motifs is 3. The van der Waals surface area contributed by atoms with Crippen LogP contribution in [0.5, 0.6) is 0 Å². The number of aryl methyl sites for hydroxylation is 2. The van der Waals surface area contributed by atoms with E-state index in [-0.39, 0.29) is 11.5 Å². The molecule has 2 aromatic heterocycles. The number of H-pyrrole nitrogens is 1. The van der Waals surface area contributed by atoms with Gasteiger partial charge in [-0.3, -0.25) is 14.5 Å². The SMILES string of the molecule is O=c1[nH]c2cc(C=C3c4ccc(F)cc4CCc4ncccc43)ccc2n1CCN1CCOCC1. The maximum Gasteiger partial charge on any atom is 0.326 e. The third-order valence-electron chi connectivity index (χ3n) is 7.02. The summed E-state index contributed by atoms with van der Waals surface area (Å²) < 4.78 is 21.3. The molecule has 0 radical (unpaired) electrons. The van der Waals surface area contributed by atoms with Crippen molar-refractivity contribution in [3.63, 3.8) is 0 Å². The van der Waals surface area contributed by atoms with Crippen molar-refractivity contribution in [3.05, 3.63) is 99.0 Å². The molecule has 4 aromatic rings. The molecule has 0 atom stereocenters. The van der Waals surface area contributed by atoms with Crippen molar-refractivity contribution in [2.24, 2.45) is 0 Å². The molecule has 3 heterocycles. The number of morpholine rings is 1. The normalized spacial score (nSPS) is 17.3. The van der Waals surface area contributed by atoms with Crippen molar-refractivity contribution in [2.75, 3.05) is 32.8 Å². The molecule has 0 saturated carbocycles. The van der Waals surface area contributed by atoms with E-state index in [1.165, 1.54) is 6.07 Å².